The Morgan fingerprint density at radius 2 is 2.21 bits per heavy atom. The van der Waals surface area contributed by atoms with Crippen LogP contribution < -0.4 is 15.4 Å². The van der Waals surface area contributed by atoms with Gasteiger partial charge in [0.05, 0.1) is 18.6 Å². The molecule has 2 amide bonds. The van der Waals surface area contributed by atoms with Crippen LogP contribution in [-0.4, -0.2) is 23.8 Å². The third kappa shape index (κ3) is 4.99. The molecule has 0 saturated heterocycles. The van der Waals surface area contributed by atoms with Gasteiger partial charge in [-0.05, 0) is 38.1 Å². The van der Waals surface area contributed by atoms with Crippen LogP contribution in [0.15, 0.2) is 41.0 Å². The van der Waals surface area contributed by atoms with Crippen molar-refractivity contribution in [2.24, 2.45) is 0 Å². The van der Waals surface area contributed by atoms with Crippen molar-refractivity contribution in [2.75, 3.05) is 11.9 Å². The number of urea groups is 1. The Bertz CT molecular complexity index is 661. The van der Waals surface area contributed by atoms with E-state index in [4.69, 9.17) is 9.15 Å². The zero-order chi connectivity index (χ0) is 17.5. The van der Waals surface area contributed by atoms with Gasteiger partial charge in [0.1, 0.15) is 23.4 Å². The summed E-state index contributed by atoms with van der Waals surface area (Å²) >= 11 is 0. The molecule has 3 N–H and O–H groups in total. The molecule has 0 radical (unpaired) electrons. The van der Waals surface area contributed by atoms with E-state index < -0.39 is 18.0 Å². The lowest BCUT2D eigenvalue weighted by Gasteiger charge is -2.18. The quantitative estimate of drug-likeness (QED) is 0.723. The number of hydrogen-bond donors (Lipinski definition) is 3. The number of amides is 2. The first kappa shape index (κ1) is 17.8. The predicted octanol–water partition coefficient (Wildman–Crippen LogP) is 3.45. The second kappa shape index (κ2) is 8.35. The molecule has 1 heterocycles. The van der Waals surface area contributed by atoms with E-state index in [1.807, 2.05) is 0 Å². The van der Waals surface area contributed by atoms with Crippen molar-refractivity contribution in [3.63, 3.8) is 0 Å². The highest BCUT2D eigenvalue weighted by Gasteiger charge is 2.17. The molecule has 1 aromatic heterocycles. The largest absolute Gasteiger partial charge is 0.492 e. The molecule has 0 spiro atoms. The van der Waals surface area contributed by atoms with Crippen LogP contribution in [0.3, 0.4) is 0 Å². The topological polar surface area (TPSA) is 83.7 Å². The van der Waals surface area contributed by atoms with E-state index in [1.165, 1.54) is 24.5 Å². The highest BCUT2D eigenvalue weighted by Crippen LogP contribution is 2.25. The maximum Gasteiger partial charge on any atom is 0.319 e. The average molecular weight is 336 g/mol. The molecule has 130 valence electrons. The minimum absolute atomic E-state index is 0.260. The predicted molar refractivity (Wildman–Crippen MR) is 87.5 cm³/mol. The van der Waals surface area contributed by atoms with E-state index in [1.54, 1.807) is 26.0 Å². The second-order valence-corrected chi connectivity index (χ2v) is 5.34. The molecular formula is C17H21FN2O4. The van der Waals surface area contributed by atoms with Crippen molar-refractivity contribution >= 4 is 11.7 Å². The van der Waals surface area contributed by atoms with Crippen molar-refractivity contribution in [1.29, 1.82) is 0 Å². The fourth-order valence-electron chi connectivity index (χ4n) is 2.25. The maximum atomic E-state index is 13.3. The molecule has 6 nitrogen and oxygen atoms in total. The number of hydrogen-bond acceptors (Lipinski definition) is 4. The monoisotopic (exact) mass is 336 g/mol. The van der Waals surface area contributed by atoms with Crippen LogP contribution in [0, 0.1) is 5.82 Å². The van der Waals surface area contributed by atoms with Gasteiger partial charge in [0.15, 0.2) is 0 Å². The normalized spacial score (nSPS) is 13.2. The number of aliphatic hydroxyl groups excluding tert-OH is 1. The first-order valence-corrected chi connectivity index (χ1v) is 7.71. The van der Waals surface area contributed by atoms with E-state index in [2.05, 4.69) is 10.6 Å². The van der Waals surface area contributed by atoms with Crippen molar-refractivity contribution < 1.29 is 23.4 Å². The molecule has 0 fully saturated rings. The zero-order valence-corrected chi connectivity index (χ0v) is 13.6. The van der Waals surface area contributed by atoms with Gasteiger partial charge in [-0.1, -0.05) is 0 Å². The first-order chi connectivity index (χ1) is 11.5. The number of carbonyl (C=O) groups excluding carboxylic acids is 1. The summed E-state index contributed by atoms with van der Waals surface area (Å²) in [5.74, 6) is 0.261. The minimum atomic E-state index is -0.805. The first-order valence-electron chi connectivity index (χ1n) is 7.71. The number of furan rings is 1. The summed E-state index contributed by atoms with van der Waals surface area (Å²) in [5.41, 5.74) is 0.370. The van der Waals surface area contributed by atoms with Crippen LogP contribution in [0.2, 0.25) is 0 Å². The molecule has 2 aromatic rings. The van der Waals surface area contributed by atoms with Gasteiger partial charge in [-0.2, -0.15) is 0 Å². The Morgan fingerprint density at radius 3 is 2.88 bits per heavy atom. The lowest BCUT2D eigenvalue weighted by Crippen LogP contribution is -2.37. The number of aliphatic hydroxyl groups is 1. The van der Waals surface area contributed by atoms with Crippen molar-refractivity contribution in [1.82, 2.24) is 5.32 Å². The van der Waals surface area contributed by atoms with Crippen LogP contribution in [0.4, 0.5) is 14.9 Å². The number of ether oxygens (including phenoxy) is 1. The summed E-state index contributed by atoms with van der Waals surface area (Å²) in [7, 11) is 0. The number of carbonyl (C=O) groups is 1. The standard InChI is InChI=1S/C17H21FN2O4/c1-3-23-16-10-12(18)6-7-13(16)20-17(22)19-11(2)9-14(21)15-5-4-8-24-15/h4-8,10-11,14,21H,3,9H2,1-2H3,(H2,19,20,22)/t11-,14-/m0/s1. The van der Waals surface area contributed by atoms with Gasteiger partial charge in [0.2, 0.25) is 0 Å². The highest BCUT2D eigenvalue weighted by molar-refractivity contribution is 5.91. The molecular weight excluding hydrogens is 315 g/mol. The summed E-state index contributed by atoms with van der Waals surface area (Å²) in [6.45, 7) is 3.89. The van der Waals surface area contributed by atoms with E-state index >= 15 is 0 Å². The van der Waals surface area contributed by atoms with Crippen LogP contribution in [0.1, 0.15) is 32.1 Å². The summed E-state index contributed by atoms with van der Waals surface area (Å²) < 4.78 is 23.7. The molecule has 24 heavy (non-hydrogen) atoms. The van der Waals surface area contributed by atoms with Gasteiger partial charge in [0, 0.05) is 18.5 Å². The third-order valence-electron chi connectivity index (χ3n) is 3.32. The van der Waals surface area contributed by atoms with Crippen LogP contribution in [0.25, 0.3) is 0 Å². The minimum Gasteiger partial charge on any atom is -0.492 e. The Labute approximate surface area is 139 Å². The average Bonchev–Trinajstić information content (AvgIpc) is 3.04. The fourth-order valence-corrected chi connectivity index (χ4v) is 2.25. The second-order valence-electron chi connectivity index (χ2n) is 5.34. The van der Waals surface area contributed by atoms with Crippen molar-refractivity contribution in [2.45, 2.75) is 32.4 Å². The summed E-state index contributed by atoms with van der Waals surface area (Å²) in [5, 5.41) is 15.3. The Hall–Kier alpha value is -2.54. The molecule has 0 aliphatic carbocycles. The summed E-state index contributed by atoms with van der Waals surface area (Å²) in [6.07, 6.45) is 0.968. The third-order valence-corrected chi connectivity index (χ3v) is 3.32. The molecule has 0 bridgehead atoms. The molecule has 7 heteroatoms. The molecule has 0 saturated carbocycles. The van der Waals surface area contributed by atoms with Gasteiger partial charge in [-0.25, -0.2) is 9.18 Å². The lowest BCUT2D eigenvalue weighted by molar-refractivity contribution is 0.130. The molecule has 0 aliphatic rings. The number of halogens is 1. The van der Waals surface area contributed by atoms with Gasteiger partial charge in [-0.15, -0.1) is 0 Å². The van der Waals surface area contributed by atoms with Gasteiger partial charge in [-0.3, -0.25) is 0 Å². The number of benzene rings is 1. The SMILES string of the molecule is CCOc1cc(F)ccc1NC(=O)N[C@@H](C)C[C@H](O)c1ccco1. The van der Waals surface area contributed by atoms with E-state index in [-0.39, 0.29) is 11.8 Å². The molecule has 1 aromatic carbocycles. The zero-order valence-electron chi connectivity index (χ0n) is 13.6. The highest BCUT2D eigenvalue weighted by atomic mass is 19.1. The molecule has 0 unspecified atom stereocenters. The summed E-state index contributed by atoms with van der Waals surface area (Å²) in [6, 6.07) is 6.47. The Morgan fingerprint density at radius 1 is 1.42 bits per heavy atom. The number of anilines is 1. The fraction of sp³-hybridized carbons (Fsp3) is 0.353. The summed E-state index contributed by atoms with van der Waals surface area (Å²) in [4.78, 5) is 12.1. The molecule has 2 rings (SSSR count). The molecule has 0 aliphatic heterocycles. The van der Waals surface area contributed by atoms with Gasteiger partial charge < -0.3 is 24.9 Å². The van der Waals surface area contributed by atoms with E-state index in [9.17, 15) is 14.3 Å². The van der Waals surface area contributed by atoms with Crippen molar-refractivity contribution in [3.05, 3.63) is 48.2 Å². The van der Waals surface area contributed by atoms with E-state index in [0.29, 0.717) is 24.5 Å². The lowest BCUT2D eigenvalue weighted by atomic mass is 10.1. The molecule has 2 atom stereocenters. The van der Waals surface area contributed by atoms with Crippen LogP contribution in [0.5, 0.6) is 5.75 Å². The van der Waals surface area contributed by atoms with Gasteiger partial charge in [0.25, 0.3) is 0 Å². The smallest absolute Gasteiger partial charge is 0.319 e. The van der Waals surface area contributed by atoms with Crippen LogP contribution >= 0.6 is 0 Å². The Kier molecular flexibility index (Phi) is 6.20. The van der Waals surface area contributed by atoms with E-state index in [0.717, 1.165) is 0 Å². The maximum absolute atomic E-state index is 13.3. The van der Waals surface area contributed by atoms with Gasteiger partial charge >= 0.3 is 6.03 Å². The number of nitrogens with one attached hydrogen (secondary N) is 2. The Balaban J connectivity index is 1.90. The van der Waals surface area contributed by atoms with Crippen molar-refractivity contribution in [3.8, 4) is 5.75 Å². The number of rotatable bonds is 7. The van der Waals surface area contributed by atoms with Crippen LogP contribution in [-0.2, 0) is 0 Å².